The lowest BCUT2D eigenvalue weighted by Crippen LogP contribution is -2.32. The second-order valence-electron chi connectivity index (χ2n) is 5.60. The number of benzene rings is 2. The molecule has 0 radical (unpaired) electrons. The number of para-hydroxylation sites is 2. The molecular weight excluding hydrogens is 438 g/mol. The van der Waals surface area contributed by atoms with Gasteiger partial charge in [0.15, 0.2) is 5.78 Å². The van der Waals surface area contributed by atoms with Crippen LogP contribution in [0.5, 0.6) is 5.75 Å². The van der Waals surface area contributed by atoms with E-state index in [1.54, 1.807) is 12.3 Å². The van der Waals surface area contributed by atoms with Crippen molar-refractivity contribution in [2.45, 2.75) is 6.23 Å². The minimum Gasteiger partial charge on any atom is -0.464 e. The van der Waals surface area contributed by atoms with Gasteiger partial charge in [-0.2, -0.15) is 0 Å². The number of carbonyl (C=O) groups is 1. The van der Waals surface area contributed by atoms with Crippen molar-refractivity contribution in [3.63, 3.8) is 0 Å². The number of Topliss-reactive ketones (excluding diaryl/α,β-unsaturated/α-hetero) is 1. The molecule has 2 aliphatic rings. The zero-order valence-electron chi connectivity index (χ0n) is 12.1. The molecule has 5 nitrogen and oxygen atoms in total. The fourth-order valence-electron chi connectivity index (χ4n) is 3.15. The topological polar surface area (TPSA) is 56.2 Å². The van der Waals surface area contributed by atoms with Crippen LogP contribution in [0.4, 0.5) is 5.95 Å². The molecule has 5 rings (SSSR count). The number of aromatic nitrogens is 2. The molecule has 0 amide bonds. The Labute approximate surface area is 153 Å². The van der Waals surface area contributed by atoms with Gasteiger partial charge in [0.25, 0.3) is 0 Å². The largest absolute Gasteiger partial charge is 0.464 e. The predicted octanol–water partition coefficient (Wildman–Crippen LogP) is 4.64. The van der Waals surface area contributed by atoms with E-state index in [0.29, 0.717) is 22.8 Å². The summed E-state index contributed by atoms with van der Waals surface area (Å²) in [6.45, 7) is 0. The summed E-state index contributed by atoms with van der Waals surface area (Å²) in [4.78, 5) is 17.5. The highest BCUT2D eigenvalue weighted by Crippen LogP contribution is 2.44. The molecule has 3 aromatic rings. The quantitative estimate of drug-likeness (QED) is 0.546. The van der Waals surface area contributed by atoms with Crippen molar-refractivity contribution in [3.05, 3.63) is 62.7 Å². The maximum atomic E-state index is 13.0. The van der Waals surface area contributed by atoms with Gasteiger partial charge in [-0.3, -0.25) is 9.36 Å². The second kappa shape index (κ2) is 4.94. The van der Waals surface area contributed by atoms with Gasteiger partial charge in [0.1, 0.15) is 5.75 Å². The van der Waals surface area contributed by atoms with Crippen molar-refractivity contribution in [1.82, 2.24) is 9.55 Å². The standard InChI is InChI=1S/C17H9Br2N3O2/c18-8-5-9-14(23)10-7-20-17-21-12-3-1-2-4-13(12)22(17)16(10)24-15(9)11(19)6-8/h1-7,16H,(H,20,21). The summed E-state index contributed by atoms with van der Waals surface area (Å²) in [6.07, 6.45) is 1.15. The molecule has 0 aliphatic carbocycles. The van der Waals surface area contributed by atoms with Crippen LogP contribution in [-0.2, 0) is 0 Å². The highest BCUT2D eigenvalue weighted by atomic mass is 79.9. The van der Waals surface area contributed by atoms with Crippen molar-refractivity contribution in [2.75, 3.05) is 5.32 Å². The van der Waals surface area contributed by atoms with Gasteiger partial charge in [0.2, 0.25) is 12.2 Å². The monoisotopic (exact) mass is 445 g/mol. The Morgan fingerprint density at radius 3 is 2.92 bits per heavy atom. The summed E-state index contributed by atoms with van der Waals surface area (Å²) in [5.74, 6) is 1.16. The Bertz CT molecular complexity index is 1070. The summed E-state index contributed by atoms with van der Waals surface area (Å²) in [5, 5.41) is 3.11. The number of carbonyl (C=O) groups excluding carboxylic acids is 1. The summed E-state index contributed by atoms with van der Waals surface area (Å²) in [6, 6.07) is 11.4. The Kier molecular flexibility index (Phi) is 2.93. The van der Waals surface area contributed by atoms with E-state index in [4.69, 9.17) is 4.74 Å². The molecule has 1 unspecified atom stereocenters. The van der Waals surface area contributed by atoms with E-state index in [1.165, 1.54) is 0 Å². The number of ketones is 1. The van der Waals surface area contributed by atoms with E-state index < -0.39 is 6.23 Å². The Morgan fingerprint density at radius 1 is 1.21 bits per heavy atom. The molecule has 3 heterocycles. The van der Waals surface area contributed by atoms with Crippen molar-refractivity contribution >= 4 is 54.6 Å². The first-order valence-corrected chi connectivity index (χ1v) is 8.86. The number of nitrogens with zero attached hydrogens (tertiary/aromatic N) is 2. The zero-order chi connectivity index (χ0) is 16.4. The van der Waals surface area contributed by atoms with Crippen LogP contribution in [0.25, 0.3) is 11.0 Å². The van der Waals surface area contributed by atoms with Crippen molar-refractivity contribution < 1.29 is 9.53 Å². The van der Waals surface area contributed by atoms with Crippen molar-refractivity contribution in [1.29, 1.82) is 0 Å². The molecule has 1 N–H and O–H groups in total. The summed E-state index contributed by atoms with van der Waals surface area (Å²) in [5.41, 5.74) is 2.86. The maximum Gasteiger partial charge on any atom is 0.211 e. The number of fused-ring (bicyclic) bond motifs is 6. The normalized spacial score (nSPS) is 18.2. The van der Waals surface area contributed by atoms with E-state index in [9.17, 15) is 4.79 Å². The van der Waals surface area contributed by atoms with Crippen LogP contribution in [0.3, 0.4) is 0 Å². The Morgan fingerprint density at radius 2 is 2.04 bits per heavy atom. The van der Waals surface area contributed by atoms with Crippen LogP contribution in [0.15, 0.2) is 57.1 Å². The molecular formula is C17H9Br2N3O2. The average molecular weight is 447 g/mol. The number of ether oxygens (including phenoxy) is 1. The Hall–Kier alpha value is -2.12. The van der Waals surface area contributed by atoms with E-state index in [0.717, 1.165) is 20.0 Å². The minimum absolute atomic E-state index is 0.0563. The van der Waals surface area contributed by atoms with Crippen LogP contribution in [0, 0.1) is 0 Å². The van der Waals surface area contributed by atoms with Crippen LogP contribution in [0.2, 0.25) is 0 Å². The van der Waals surface area contributed by atoms with Crippen molar-refractivity contribution in [2.24, 2.45) is 0 Å². The number of imidazole rings is 1. The van der Waals surface area contributed by atoms with Crippen LogP contribution in [0.1, 0.15) is 16.6 Å². The van der Waals surface area contributed by atoms with Gasteiger partial charge in [-0.15, -0.1) is 0 Å². The number of halogens is 2. The van der Waals surface area contributed by atoms with Gasteiger partial charge >= 0.3 is 0 Å². The SMILES string of the molecule is O=C1C2=CNc3nc4ccccc4n3C2Oc2c(Br)cc(Br)cc21. The van der Waals surface area contributed by atoms with Crippen LogP contribution < -0.4 is 10.1 Å². The molecule has 0 saturated carbocycles. The summed E-state index contributed by atoms with van der Waals surface area (Å²) >= 11 is 6.91. The molecule has 118 valence electrons. The van der Waals surface area contributed by atoms with Gasteiger partial charge in [-0.25, -0.2) is 4.98 Å². The van der Waals surface area contributed by atoms with Gasteiger partial charge in [-0.1, -0.05) is 28.1 Å². The molecule has 2 aromatic carbocycles. The van der Waals surface area contributed by atoms with E-state index in [2.05, 4.69) is 42.2 Å². The third-order valence-electron chi connectivity index (χ3n) is 4.20. The van der Waals surface area contributed by atoms with Gasteiger partial charge in [0, 0.05) is 10.7 Å². The molecule has 1 aromatic heterocycles. The maximum absolute atomic E-state index is 13.0. The smallest absolute Gasteiger partial charge is 0.211 e. The van der Waals surface area contributed by atoms with Gasteiger partial charge < -0.3 is 10.1 Å². The lowest BCUT2D eigenvalue weighted by molar-refractivity contribution is 0.0899. The first-order chi connectivity index (χ1) is 11.6. The molecule has 7 heteroatoms. The van der Waals surface area contributed by atoms with Crippen molar-refractivity contribution in [3.8, 4) is 5.75 Å². The number of anilines is 1. The minimum atomic E-state index is -0.536. The number of rotatable bonds is 0. The third-order valence-corrected chi connectivity index (χ3v) is 5.24. The number of hydrogen-bond acceptors (Lipinski definition) is 4. The fraction of sp³-hybridized carbons (Fsp3) is 0.0588. The zero-order valence-corrected chi connectivity index (χ0v) is 15.3. The predicted molar refractivity (Wildman–Crippen MR) is 97.3 cm³/mol. The number of nitrogens with one attached hydrogen (secondary N) is 1. The lowest BCUT2D eigenvalue weighted by atomic mass is 9.98. The lowest BCUT2D eigenvalue weighted by Gasteiger charge is -2.32. The van der Waals surface area contributed by atoms with E-state index >= 15 is 0 Å². The second-order valence-corrected chi connectivity index (χ2v) is 7.37. The van der Waals surface area contributed by atoms with Gasteiger partial charge in [0.05, 0.1) is 26.6 Å². The molecule has 0 fully saturated rings. The summed E-state index contributed by atoms with van der Waals surface area (Å²) < 4.78 is 9.69. The molecule has 0 bridgehead atoms. The van der Waals surface area contributed by atoms with Crippen LogP contribution >= 0.6 is 31.9 Å². The molecule has 1 atom stereocenters. The van der Waals surface area contributed by atoms with Crippen LogP contribution in [-0.4, -0.2) is 15.3 Å². The first kappa shape index (κ1) is 14.2. The first-order valence-electron chi connectivity index (χ1n) is 7.27. The molecule has 0 spiro atoms. The highest BCUT2D eigenvalue weighted by Gasteiger charge is 2.38. The van der Waals surface area contributed by atoms with Gasteiger partial charge in [-0.05, 0) is 40.2 Å². The molecule has 0 saturated heterocycles. The van der Waals surface area contributed by atoms with E-state index in [1.807, 2.05) is 34.9 Å². The molecule has 24 heavy (non-hydrogen) atoms. The fourth-order valence-corrected chi connectivity index (χ4v) is 4.46. The summed E-state index contributed by atoms with van der Waals surface area (Å²) in [7, 11) is 0. The van der Waals surface area contributed by atoms with E-state index in [-0.39, 0.29) is 5.78 Å². The third kappa shape index (κ3) is 1.85. The number of hydrogen-bond donors (Lipinski definition) is 1. The average Bonchev–Trinajstić information content (AvgIpc) is 2.95. The highest BCUT2D eigenvalue weighted by molar-refractivity contribution is 9.11. The molecule has 2 aliphatic heterocycles. The Balaban J connectivity index is 1.76.